The van der Waals surface area contributed by atoms with E-state index in [1.165, 1.54) is 16.8 Å². The maximum atomic E-state index is 6.31. The van der Waals surface area contributed by atoms with E-state index in [1.807, 2.05) is 20.9 Å². The maximum Gasteiger partial charge on any atom is 0.0479 e. The van der Waals surface area contributed by atoms with E-state index >= 15 is 0 Å². The Morgan fingerprint density at radius 3 is 2.56 bits per heavy atom. The molecule has 0 saturated carbocycles. The van der Waals surface area contributed by atoms with E-state index in [9.17, 15) is 0 Å². The molecule has 0 radical (unpaired) electrons. The number of aromatic nitrogens is 1. The molecule has 0 spiro atoms. The molecule has 1 aromatic rings. The number of allylic oxidation sites excluding steroid dienone is 1. The van der Waals surface area contributed by atoms with E-state index in [-0.39, 0.29) is 6.04 Å². The van der Waals surface area contributed by atoms with Crippen molar-refractivity contribution in [2.75, 3.05) is 7.05 Å². The fourth-order valence-corrected chi connectivity index (χ4v) is 3.42. The normalized spacial score (nSPS) is 17.8. The molecular weight excluding hydrogens is 306 g/mol. The van der Waals surface area contributed by atoms with Gasteiger partial charge in [-0.25, -0.2) is 0 Å². The average Bonchev–Trinajstić information content (AvgIpc) is 2.76. The summed E-state index contributed by atoms with van der Waals surface area (Å²) in [5, 5.41) is 3.09. The number of hydrogen-bond acceptors (Lipinski definition) is 2. The SMILES string of the molecule is C=C(NC)C(N)Cc1cn(CC)c2c1CC(C(C)(C)C)CC=C2.CC. The zero-order chi connectivity index (χ0) is 19.2. The lowest BCUT2D eigenvalue weighted by Gasteiger charge is -2.30. The average molecular weight is 346 g/mol. The number of aryl methyl sites for hydroxylation is 1. The zero-order valence-corrected chi connectivity index (χ0v) is 17.4. The molecular formula is C22H39N3. The number of nitrogens with two attached hydrogens (primary N) is 1. The zero-order valence-electron chi connectivity index (χ0n) is 17.4. The van der Waals surface area contributed by atoms with Gasteiger partial charge in [-0.2, -0.15) is 0 Å². The van der Waals surface area contributed by atoms with Crippen LogP contribution in [-0.2, 0) is 19.4 Å². The predicted molar refractivity (Wildman–Crippen MR) is 112 cm³/mol. The molecule has 3 heteroatoms. The minimum absolute atomic E-state index is 0.0443. The second kappa shape index (κ2) is 9.28. The Hall–Kier alpha value is -1.48. The third-order valence-corrected chi connectivity index (χ3v) is 5.24. The van der Waals surface area contributed by atoms with Crippen LogP contribution in [0.5, 0.6) is 0 Å². The van der Waals surface area contributed by atoms with Crippen LogP contribution in [0.3, 0.4) is 0 Å². The molecule has 3 N–H and O–H groups in total. The van der Waals surface area contributed by atoms with Gasteiger partial charge >= 0.3 is 0 Å². The summed E-state index contributed by atoms with van der Waals surface area (Å²) in [6.45, 7) is 18.3. The van der Waals surface area contributed by atoms with E-state index in [0.29, 0.717) is 11.3 Å². The molecule has 1 aliphatic rings. The highest BCUT2D eigenvalue weighted by Gasteiger charge is 2.28. The van der Waals surface area contributed by atoms with Crippen molar-refractivity contribution in [1.82, 2.24) is 9.88 Å². The van der Waals surface area contributed by atoms with E-state index in [1.54, 1.807) is 0 Å². The third kappa shape index (κ3) is 5.24. The number of nitrogens with zero attached hydrogens (tertiary/aromatic N) is 1. The molecule has 0 bridgehead atoms. The summed E-state index contributed by atoms with van der Waals surface area (Å²) in [5.74, 6) is 0.662. The number of likely N-dealkylation sites (N-methyl/N-ethyl adjacent to an activating group) is 1. The number of nitrogens with one attached hydrogen (secondary N) is 1. The van der Waals surface area contributed by atoms with Gasteiger partial charge in [0.05, 0.1) is 0 Å². The Balaban J connectivity index is 0.00000151. The van der Waals surface area contributed by atoms with Gasteiger partial charge < -0.3 is 15.6 Å². The van der Waals surface area contributed by atoms with Crippen molar-refractivity contribution in [3.05, 3.63) is 41.4 Å². The van der Waals surface area contributed by atoms with Gasteiger partial charge in [0.1, 0.15) is 0 Å². The molecule has 1 aromatic heterocycles. The monoisotopic (exact) mass is 345 g/mol. The van der Waals surface area contributed by atoms with Gasteiger partial charge in [-0.15, -0.1) is 0 Å². The van der Waals surface area contributed by atoms with Crippen LogP contribution in [0.2, 0.25) is 0 Å². The van der Waals surface area contributed by atoms with Crippen LogP contribution in [0.1, 0.15) is 64.8 Å². The maximum absolute atomic E-state index is 6.31. The molecule has 3 nitrogen and oxygen atoms in total. The van der Waals surface area contributed by atoms with E-state index in [2.05, 4.69) is 62.5 Å². The van der Waals surface area contributed by atoms with Crippen molar-refractivity contribution in [2.24, 2.45) is 17.1 Å². The molecule has 2 rings (SSSR count). The van der Waals surface area contributed by atoms with Crippen LogP contribution in [0, 0.1) is 11.3 Å². The van der Waals surface area contributed by atoms with Crippen LogP contribution in [0.15, 0.2) is 24.5 Å². The Morgan fingerprint density at radius 2 is 2.04 bits per heavy atom. The van der Waals surface area contributed by atoms with Crippen molar-refractivity contribution in [2.45, 2.75) is 73.4 Å². The van der Waals surface area contributed by atoms with Gasteiger partial charge in [0.25, 0.3) is 0 Å². The molecule has 1 heterocycles. The molecule has 1 aliphatic carbocycles. The summed E-state index contributed by atoms with van der Waals surface area (Å²) in [6.07, 6.45) is 10.1. The molecule has 142 valence electrons. The summed E-state index contributed by atoms with van der Waals surface area (Å²) in [5.41, 5.74) is 11.8. The van der Waals surface area contributed by atoms with Gasteiger partial charge in [-0.3, -0.25) is 0 Å². The second-order valence-corrected chi connectivity index (χ2v) is 7.80. The smallest absolute Gasteiger partial charge is 0.0479 e. The first-order valence-electron chi connectivity index (χ1n) is 9.77. The van der Waals surface area contributed by atoms with Gasteiger partial charge in [0.2, 0.25) is 0 Å². The van der Waals surface area contributed by atoms with Gasteiger partial charge in [0.15, 0.2) is 0 Å². The lowest BCUT2D eigenvalue weighted by Crippen LogP contribution is -2.31. The highest BCUT2D eigenvalue weighted by molar-refractivity contribution is 5.55. The fraction of sp³-hybridized carbons (Fsp3) is 0.636. The van der Waals surface area contributed by atoms with Crippen molar-refractivity contribution in [1.29, 1.82) is 0 Å². The third-order valence-electron chi connectivity index (χ3n) is 5.24. The molecule has 0 fully saturated rings. The van der Waals surface area contributed by atoms with E-state index in [0.717, 1.165) is 31.5 Å². The number of fused-ring (bicyclic) bond motifs is 1. The van der Waals surface area contributed by atoms with Crippen LogP contribution in [-0.4, -0.2) is 17.7 Å². The van der Waals surface area contributed by atoms with Crippen molar-refractivity contribution in [3.8, 4) is 0 Å². The summed E-state index contributed by atoms with van der Waals surface area (Å²) in [6, 6.07) is -0.0443. The van der Waals surface area contributed by atoms with Crippen LogP contribution in [0.25, 0.3) is 6.08 Å². The van der Waals surface area contributed by atoms with Crippen molar-refractivity contribution < 1.29 is 0 Å². The highest BCUT2D eigenvalue weighted by Crippen LogP contribution is 2.37. The van der Waals surface area contributed by atoms with E-state index in [4.69, 9.17) is 5.73 Å². The minimum atomic E-state index is -0.0443. The van der Waals surface area contributed by atoms with Gasteiger partial charge in [-0.1, -0.05) is 47.3 Å². The Morgan fingerprint density at radius 1 is 1.40 bits per heavy atom. The lowest BCUT2D eigenvalue weighted by molar-refractivity contribution is 0.241. The molecule has 0 amide bonds. The lowest BCUT2D eigenvalue weighted by atomic mass is 9.75. The molecule has 0 aliphatic heterocycles. The largest absolute Gasteiger partial charge is 0.391 e. The van der Waals surface area contributed by atoms with Crippen LogP contribution in [0.4, 0.5) is 0 Å². The standard InChI is InChI=1S/C20H33N3.C2H6/c1-7-23-13-15(11-18(21)14(2)22-6)17-12-16(20(3,4)5)9-8-10-19(17)23;1-2/h8,10,13,16,18,22H,2,7,9,11-12,21H2,1,3-6H3;1-2H3. The van der Waals surface area contributed by atoms with Gasteiger partial charge in [-0.05, 0) is 54.7 Å². The van der Waals surface area contributed by atoms with Crippen molar-refractivity contribution >= 4 is 6.08 Å². The Kier molecular flexibility index (Phi) is 8.01. The van der Waals surface area contributed by atoms with Crippen molar-refractivity contribution in [3.63, 3.8) is 0 Å². The molecule has 25 heavy (non-hydrogen) atoms. The predicted octanol–water partition coefficient (Wildman–Crippen LogP) is 4.76. The number of rotatable bonds is 5. The summed E-state index contributed by atoms with van der Waals surface area (Å²) < 4.78 is 2.36. The first-order chi connectivity index (χ1) is 11.8. The first-order valence-corrected chi connectivity index (χ1v) is 9.77. The number of hydrogen-bond donors (Lipinski definition) is 2. The minimum Gasteiger partial charge on any atom is -0.391 e. The highest BCUT2D eigenvalue weighted by atomic mass is 15.0. The summed E-state index contributed by atoms with van der Waals surface area (Å²) in [7, 11) is 1.89. The quantitative estimate of drug-likeness (QED) is 0.808. The summed E-state index contributed by atoms with van der Waals surface area (Å²) in [4.78, 5) is 0. The fourth-order valence-electron chi connectivity index (χ4n) is 3.42. The summed E-state index contributed by atoms with van der Waals surface area (Å²) >= 11 is 0. The Bertz CT molecular complexity index is 587. The van der Waals surface area contributed by atoms with Crippen LogP contribution < -0.4 is 11.1 Å². The molecule has 2 atom stereocenters. The van der Waals surface area contributed by atoms with Gasteiger partial charge in [0, 0.05) is 37.2 Å². The Labute approximate surface area is 155 Å². The van der Waals surface area contributed by atoms with Crippen LogP contribution >= 0.6 is 0 Å². The first kappa shape index (κ1) is 21.6. The molecule has 0 saturated heterocycles. The van der Waals surface area contributed by atoms with E-state index < -0.39 is 0 Å². The topological polar surface area (TPSA) is 43.0 Å². The molecule has 2 unspecified atom stereocenters. The molecule has 0 aromatic carbocycles. The second-order valence-electron chi connectivity index (χ2n) is 7.80.